The molecule has 1 aliphatic carbocycles. The van der Waals surface area contributed by atoms with E-state index in [1.807, 2.05) is 0 Å². The van der Waals surface area contributed by atoms with E-state index in [9.17, 15) is 33.5 Å². The second-order valence-corrected chi connectivity index (χ2v) is 11.1. The Morgan fingerprint density at radius 1 is 1.14 bits per heavy atom. The Labute approximate surface area is 249 Å². The molecule has 11 nitrogen and oxygen atoms in total. The van der Waals surface area contributed by atoms with Crippen LogP contribution in [0.25, 0.3) is 0 Å². The average Bonchev–Trinajstić information content (AvgIpc) is 2.96. The third-order valence-electron chi connectivity index (χ3n) is 7.75. The first kappa shape index (κ1) is 29.9. The summed E-state index contributed by atoms with van der Waals surface area (Å²) in [6, 6.07) is 9.27. The molecule has 2 N–H and O–H groups in total. The van der Waals surface area contributed by atoms with Crippen molar-refractivity contribution < 1.29 is 38.1 Å². The number of esters is 1. The highest BCUT2D eigenvalue weighted by molar-refractivity contribution is 6.30. The van der Waals surface area contributed by atoms with Crippen LogP contribution in [0.3, 0.4) is 0 Å². The molecule has 2 heterocycles. The largest absolute Gasteiger partial charge is 0.478 e. The van der Waals surface area contributed by atoms with Gasteiger partial charge < -0.3 is 29.4 Å². The predicted octanol–water partition coefficient (Wildman–Crippen LogP) is 3.33. The number of fused-ring (bicyclic) bond motifs is 2. The van der Waals surface area contributed by atoms with Crippen LogP contribution in [0.5, 0.6) is 5.75 Å². The van der Waals surface area contributed by atoms with Gasteiger partial charge in [-0.2, -0.15) is 0 Å². The fourth-order valence-corrected chi connectivity index (χ4v) is 5.97. The smallest absolute Gasteiger partial charge is 0.343 e. The number of nitrogens with zero attached hydrogens (tertiary/aromatic N) is 2. The zero-order chi connectivity index (χ0) is 31.1. The molecular weight excluding hydrogens is 585 g/mol. The number of halogens is 2. The summed E-state index contributed by atoms with van der Waals surface area (Å²) in [6.45, 7) is 0.437. The lowest BCUT2D eigenvalue weighted by atomic mass is 9.67. The quantitative estimate of drug-likeness (QED) is 0.369. The van der Waals surface area contributed by atoms with Crippen LogP contribution in [-0.2, 0) is 16.8 Å². The number of hydrogen-bond acceptors (Lipinski definition) is 7. The summed E-state index contributed by atoms with van der Waals surface area (Å²) in [5.41, 5.74) is -2.69. The van der Waals surface area contributed by atoms with Gasteiger partial charge >= 0.3 is 11.9 Å². The van der Waals surface area contributed by atoms with E-state index in [4.69, 9.17) is 21.1 Å². The Hall–Kier alpha value is -4.55. The topological polar surface area (TPSA) is 144 Å². The number of rotatable bonds is 8. The molecule has 2 aliphatic rings. The number of amides is 2. The third-order valence-corrected chi connectivity index (χ3v) is 8.04. The summed E-state index contributed by atoms with van der Waals surface area (Å²) >= 11 is 5.84. The SMILES string of the molecule is COCC1CC2(C1)CN(C)C(=O)c1c(OC(=O)c3cccc(C(=O)O)c3)c(=O)c(C(=O)NCc3cccc(Cl)c3F)cn12. The third kappa shape index (κ3) is 5.51. The van der Waals surface area contributed by atoms with E-state index >= 15 is 0 Å². The molecule has 0 unspecified atom stereocenters. The van der Waals surface area contributed by atoms with Gasteiger partial charge in [0.15, 0.2) is 5.69 Å². The number of hydrogen-bond donors (Lipinski definition) is 2. The zero-order valence-electron chi connectivity index (χ0n) is 23.2. The van der Waals surface area contributed by atoms with Crippen molar-refractivity contribution in [1.82, 2.24) is 14.8 Å². The van der Waals surface area contributed by atoms with Crippen molar-refractivity contribution in [2.75, 3.05) is 27.3 Å². The van der Waals surface area contributed by atoms with Gasteiger partial charge in [-0.1, -0.05) is 29.8 Å². The second kappa shape index (κ2) is 11.6. The Bertz CT molecular complexity index is 1720. The maximum atomic E-state index is 14.4. The van der Waals surface area contributed by atoms with E-state index in [-0.39, 0.29) is 46.4 Å². The van der Waals surface area contributed by atoms with E-state index < -0.39 is 51.9 Å². The number of carboxylic acid groups (broad SMARTS) is 1. The lowest BCUT2D eigenvalue weighted by molar-refractivity contribution is -0.0190. The monoisotopic (exact) mass is 611 g/mol. The fourth-order valence-electron chi connectivity index (χ4n) is 5.77. The minimum absolute atomic E-state index is 0.0820. The van der Waals surface area contributed by atoms with Gasteiger partial charge in [-0.25, -0.2) is 14.0 Å². The Morgan fingerprint density at radius 3 is 2.53 bits per heavy atom. The maximum Gasteiger partial charge on any atom is 0.343 e. The van der Waals surface area contributed by atoms with Crippen molar-refractivity contribution in [1.29, 1.82) is 0 Å². The first-order valence-corrected chi connectivity index (χ1v) is 13.6. The molecule has 0 bridgehead atoms. The molecule has 5 rings (SSSR count). The summed E-state index contributed by atoms with van der Waals surface area (Å²) in [4.78, 5) is 66.6. The molecule has 2 amide bonds. The van der Waals surface area contributed by atoms with Crippen molar-refractivity contribution >= 4 is 35.4 Å². The molecule has 3 aromatic rings. The van der Waals surface area contributed by atoms with Crippen LogP contribution >= 0.6 is 11.6 Å². The van der Waals surface area contributed by atoms with Crippen LogP contribution in [0.1, 0.15) is 60.0 Å². The number of aromatic carboxylic acids is 1. The Balaban J connectivity index is 1.59. The van der Waals surface area contributed by atoms with Crippen molar-refractivity contribution in [3.8, 4) is 5.75 Å². The van der Waals surface area contributed by atoms with Gasteiger partial charge in [-0.15, -0.1) is 0 Å². The number of methoxy groups -OCH3 is 1. The van der Waals surface area contributed by atoms with Gasteiger partial charge in [0.25, 0.3) is 11.8 Å². The first-order chi connectivity index (χ1) is 20.5. The molecule has 0 radical (unpaired) electrons. The molecule has 1 aliphatic heterocycles. The highest BCUT2D eigenvalue weighted by Crippen LogP contribution is 2.48. The molecule has 0 saturated heterocycles. The molecule has 224 valence electrons. The van der Waals surface area contributed by atoms with Crippen molar-refractivity contribution in [2.24, 2.45) is 5.92 Å². The number of ether oxygens (including phenoxy) is 2. The minimum Gasteiger partial charge on any atom is -0.478 e. The Kier molecular flexibility index (Phi) is 8.08. The molecule has 1 aromatic heterocycles. The number of carbonyl (C=O) groups is 4. The molecule has 0 atom stereocenters. The molecule has 43 heavy (non-hydrogen) atoms. The van der Waals surface area contributed by atoms with E-state index in [1.54, 1.807) is 14.2 Å². The molecule has 1 spiro atoms. The van der Waals surface area contributed by atoms with Crippen LogP contribution in [0.2, 0.25) is 5.02 Å². The van der Waals surface area contributed by atoms with Crippen molar-refractivity contribution in [3.63, 3.8) is 0 Å². The van der Waals surface area contributed by atoms with Gasteiger partial charge in [-0.05, 0) is 43.0 Å². The zero-order valence-corrected chi connectivity index (χ0v) is 23.9. The van der Waals surface area contributed by atoms with Gasteiger partial charge in [-0.3, -0.25) is 14.4 Å². The summed E-state index contributed by atoms with van der Waals surface area (Å²) in [7, 11) is 3.14. The van der Waals surface area contributed by atoms with E-state index in [2.05, 4.69) is 5.32 Å². The summed E-state index contributed by atoms with van der Waals surface area (Å²) in [6.07, 6.45) is 2.38. The number of likely N-dealkylation sites (N-methyl/N-ethyl adjacent to an activating group) is 1. The van der Waals surface area contributed by atoms with E-state index in [0.29, 0.717) is 19.4 Å². The predicted molar refractivity (Wildman–Crippen MR) is 151 cm³/mol. The number of carbonyl (C=O) groups excluding carboxylic acids is 3. The van der Waals surface area contributed by atoms with Gasteiger partial charge in [0, 0.05) is 45.6 Å². The molecular formula is C30H27ClFN3O8. The first-order valence-electron chi connectivity index (χ1n) is 13.3. The van der Waals surface area contributed by atoms with Gasteiger partial charge in [0.2, 0.25) is 11.2 Å². The lowest BCUT2D eigenvalue weighted by Crippen LogP contribution is -2.60. The maximum absolute atomic E-state index is 14.4. The summed E-state index contributed by atoms with van der Waals surface area (Å²) in [5, 5.41) is 11.7. The minimum atomic E-state index is -1.28. The lowest BCUT2D eigenvalue weighted by Gasteiger charge is -2.54. The van der Waals surface area contributed by atoms with E-state index in [0.717, 1.165) is 6.07 Å². The van der Waals surface area contributed by atoms with Crippen LogP contribution in [0.4, 0.5) is 4.39 Å². The molecule has 1 saturated carbocycles. The van der Waals surface area contributed by atoms with Crippen LogP contribution in [-0.4, -0.2) is 65.6 Å². The highest BCUT2D eigenvalue weighted by atomic mass is 35.5. The van der Waals surface area contributed by atoms with Crippen molar-refractivity contribution in [3.05, 3.63) is 97.7 Å². The number of aromatic nitrogens is 1. The van der Waals surface area contributed by atoms with Gasteiger partial charge in [0.05, 0.1) is 21.7 Å². The summed E-state index contributed by atoms with van der Waals surface area (Å²) < 4.78 is 26.8. The number of carboxylic acids is 1. The fraction of sp³-hybridized carbons (Fsp3) is 0.300. The second-order valence-electron chi connectivity index (χ2n) is 10.7. The standard InChI is InChI=1S/C30H27ClFN3O8/c1-34-15-30(10-16(11-30)14-42-2)35-13-20(26(37)33-12-19-7-4-8-21(31)22(19)32)24(36)25(23(35)27(34)38)43-29(41)18-6-3-5-17(9-18)28(39)40/h3-9,13,16H,10-12,14-15H2,1-2H3,(H,33,37)(H,39,40). The van der Waals surface area contributed by atoms with Crippen LogP contribution in [0.15, 0.2) is 53.5 Å². The molecule has 2 aromatic carbocycles. The molecule has 13 heteroatoms. The normalized spacial score (nSPS) is 19.0. The number of pyridine rings is 1. The van der Waals surface area contributed by atoms with Crippen LogP contribution < -0.4 is 15.5 Å². The van der Waals surface area contributed by atoms with E-state index in [1.165, 1.54) is 52.1 Å². The number of nitrogens with one attached hydrogen (secondary N) is 1. The average molecular weight is 612 g/mol. The highest BCUT2D eigenvalue weighted by Gasteiger charge is 2.52. The number of benzene rings is 2. The Morgan fingerprint density at radius 2 is 1.84 bits per heavy atom. The summed E-state index contributed by atoms with van der Waals surface area (Å²) in [5.74, 6) is -5.12. The van der Waals surface area contributed by atoms with Crippen molar-refractivity contribution in [2.45, 2.75) is 24.9 Å². The van der Waals surface area contributed by atoms with Gasteiger partial charge in [0.1, 0.15) is 11.4 Å². The van der Waals surface area contributed by atoms with Crippen LogP contribution in [0, 0.1) is 11.7 Å². The molecule has 1 fully saturated rings.